The fraction of sp³-hybridized carbons (Fsp3) is 0.458. The maximum atomic E-state index is 2.90. The second-order valence-corrected chi connectivity index (χ2v) is 25.1. The van der Waals surface area contributed by atoms with Crippen molar-refractivity contribution in [3.63, 3.8) is 0 Å². The Hall–Kier alpha value is -0.613. The lowest BCUT2D eigenvalue weighted by atomic mass is 10.2. The summed E-state index contributed by atoms with van der Waals surface area (Å²) in [5, 5.41) is 3.66. The molecule has 0 radical (unpaired) electrons. The van der Waals surface area contributed by atoms with E-state index in [0.29, 0.717) is 0 Å². The van der Waals surface area contributed by atoms with Gasteiger partial charge in [0.2, 0.25) is 0 Å². The lowest BCUT2D eigenvalue weighted by Crippen LogP contribution is -2.35. The average molecular weight is 417 g/mol. The highest BCUT2D eigenvalue weighted by molar-refractivity contribution is 8.45. The van der Waals surface area contributed by atoms with Crippen molar-refractivity contribution in [2.75, 3.05) is 0 Å². The van der Waals surface area contributed by atoms with E-state index in [9.17, 15) is 0 Å². The van der Waals surface area contributed by atoms with Crippen LogP contribution in [0.1, 0.15) is 41.5 Å². The van der Waals surface area contributed by atoms with Crippen LogP contribution in [-0.2, 0) is 0 Å². The standard InChI is InChI=1S/C24H38P2Si/c1-23(2,3)25(24(4,5)6)26(20-27(7,8)9,21-16-12-10-13-17-21)22-18-14-11-15-19-22/h10-20H,1-9H3. The molecule has 0 atom stereocenters. The van der Waals surface area contributed by atoms with E-state index in [-0.39, 0.29) is 17.9 Å². The van der Waals surface area contributed by atoms with Gasteiger partial charge in [0.25, 0.3) is 0 Å². The first kappa shape index (κ1) is 22.7. The van der Waals surface area contributed by atoms with Gasteiger partial charge in [0.05, 0.1) is 8.07 Å². The summed E-state index contributed by atoms with van der Waals surface area (Å²) in [7, 11) is -1.76. The van der Waals surface area contributed by atoms with E-state index < -0.39 is 14.6 Å². The molecule has 2 rings (SSSR count). The van der Waals surface area contributed by atoms with Crippen LogP contribution in [0.25, 0.3) is 0 Å². The summed E-state index contributed by atoms with van der Waals surface area (Å²) in [6.45, 7) is 20.7. The smallest absolute Gasteiger partial charge is 0.0700 e. The topological polar surface area (TPSA) is 0 Å². The van der Waals surface area contributed by atoms with Crippen LogP contribution in [0.3, 0.4) is 0 Å². The first-order chi connectivity index (χ1) is 12.3. The van der Waals surface area contributed by atoms with Crippen LogP contribution in [0.15, 0.2) is 60.7 Å². The van der Waals surface area contributed by atoms with Gasteiger partial charge in [0.15, 0.2) is 0 Å². The third kappa shape index (κ3) is 5.26. The highest BCUT2D eigenvalue weighted by Gasteiger charge is 2.46. The molecule has 0 aliphatic carbocycles. The summed E-state index contributed by atoms with van der Waals surface area (Å²) in [6.07, 6.45) is 0. The van der Waals surface area contributed by atoms with Gasteiger partial charge < -0.3 is 0 Å². The second-order valence-electron chi connectivity index (χ2n) is 10.5. The van der Waals surface area contributed by atoms with Gasteiger partial charge >= 0.3 is 0 Å². The van der Waals surface area contributed by atoms with E-state index in [0.717, 1.165) is 0 Å². The summed E-state index contributed by atoms with van der Waals surface area (Å²) in [4.78, 5) is 0. The van der Waals surface area contributed by atoms with Crippen molar-refractivity contribution in [2.45, 2.75) is 71.5 Å². The zero-order valence-corrected chi connectivity index (χ0v) is 21.5. The number of benzene rings is 2. The Kier molecular flexibility index (Phi) is 6.74. The van der Waals surface area contributed by atoms with E-state index in [1.807, 2.05) is 0 Å². The normalized spacial score (nSPS) is 13.7. The highest BCUT2D eigenvalue weighted by atomic mass is 32.1. The molecule has 0 fully saturated rings. The molecule has 0 amide bonds. The predicted octanol–water partition coefficient (Wildman–Crippen LogP) is 7.33. The summed E-state index contributed by atoms with van der Waals surface area (Å²) in [5.74, 6) is 0. The molecule has 3 heteroatoms. The van der Waals surface area contributed by atoms with Crippen LogP contribution in [0.4, 0.5) is 0 Å². The third-order valence-corrected chi connectivity index (χ3v) is 22.3. The van der Waals surface area contributed by atoms with Crippen LogP contribution in [0.2, 0.25) is 19.6 Å². The fourth-order valence-corrected chi connectivity index (χ4v) is 28.5. The molecule has 0 bridgehead atoms. The quantitative estimate of drug-likeness (QED) is 0.361. The fourth-order valence-electron chi connectivity index (χ4n) is 4.41. The lowest BCUT2D eigenvalue weighted by Gasteiger charge is -2.51. The lowest BCUT2D eigenvalue weighted by molar-refractivity contribution is 0.720. The number of rotatable bonds is 4. The minimum absolute atomic E-state index is 0.267. The molecule has 0 N–H and O–H groups in total. The van der Waals surface area contributed by atoms with Crippen molar-refractivity contribution in [2.24, 2.45) is 0 Å². The van der Waals surface area contributed by atoms with E-state index in [1.165, 1.54) is 0 Å². The molecule has 0 nitrogen and oxygen atoms in total. The van der Waals surface area contributed by atoms with E-state index in [4.69, 9.17) is 0 Å². The van der Waals surface area contributed by atoms with Crippen molar-refractivity contribution in [3.05, 3.63) is 60.7 Å². The Labute approximate surface area is 170 Å². The molecule has 0 saturated heterocycles. The third-order valence-electron chi connectivity index (χ3n) is 4.46. The van der Waals surface area contributed by atoms with Crippen molar-refractivity contribution >= 4 is 38.3 Å². The summed E-state index contributed by atoms with van der Waals surface area (Å²) in [6, 6.07) is 22.9. The Morgan fingerprint density at radius 3 is 1.26 bits per heavy atom. The van der Waals surface area contributed by atoms with Gasteiger partial charge in [-0.25, -0.2) is 0 Å². The zero-order chi connectivity index (χ0) is 20.5. The zero-order valence-electron chi connectivity index (χ0n) is 18.7. The molecular weight excluding hydrogens is 378 g/mol. The van der Waals surface area contributed by atoms with E-state index >= 15 is 0 Å². The van der Waals surface area contributed by atoms with Crippen LogP contribution in [-0.4, -0.2) is 23.8 Å². The van der Waals surface area contributed by atoms with Crippen molar-refractivity contribution < 1.29 is 0 Å². The molecule has 0 saturated carbocycles. The molecule has 2 aromatic carbocycles. The van der Waals surface area contributed by atoms with Gasteiger partial charge in [0, 0.05) is 0 Å². The Morgan fingerprint density at radius 1 is 0.667 bits per heavy atom. The van der Waals surface area contributed by atoms with Gasteiger partial charge in [-0.2, -0.15) is 0 Å². The molecule has 148 valence electrons. The highest BCUT2D eigenvalue weighted by Crippen LogP contribution is 2.84. The van der Waals surface area contributed by atoms with Gasteiger partial charge in [-0.3, -0.25) is 0 Å². The number of hydrogen-bond donors (Lipinski definition) is 0. The van der Waals surface area contributed by atoms with Crippen LogP contribution in [0, 0.1) is 0 Å². The molecule has 0 unspecified atom stereocenters. The molecule has 27 heavy (non-hydrogen) atoms. The molecular formula is C24H38P2Si. The molecule has 0 aliphatic rings. The van der Waals surface area contributed by atoms with Gasteiger partial charge in [-0.15, -0.1) is 0 Å². The molecule has 2 aromatic rings. The second kappa shape index (κ2) is 8.02. The minimum Gasteiger partial charge on any atom is -0.0850 e. The largest absolute Gasteiger partial charge is 0.0850 e. The van der Waals surface area contributed by atoms with E-state index in [2.05, 4.69) is 127 Å². The molecule has 0 spiro atoms. The monoisotopic (exact) mass is 416 g/mol. The van der Waals surface area contributed by atoms with Gasteiger partial charge in [-0.05, 0) is 27.5 Å². The average Bonchev–Trinajstić information content (AvgIpc) is 2.52. The Balaban J connectivity index is 3.09. The first-order valence-corrected chi connectivity index (χ1v) is 17.4. The van der Waals surface area contributed by atoms with Crippen LogP contribution < -0.4 is 10.6 Å². The summed E-state index contributed by atoms with van der Waals surface area (Å²) in [5.41, 5.74) is 2.90. The van der Waals surface area contributed by atoms with Crippen molar-refractivity contribution in [1.82, 2.24) is 0 Å². The molecule has 0 heterocycles. The maximum Gasteiger partial charge on any atom is 0.0700 e. The van der Waals surface area contributed by atoms with Crippen molar-refractivity contribution in [3.8, 4) is 0 Å². The predicted molar refractivity (Wildman–Crippen MR) is 135 cm³/mol. The summed E-state index contributed by atoms with van der Waals surface area (Å²) < 4.78 is 0. The van der Waals surface area contributed by atoms with Gasteiger partial charge in [-0.1, -0.05) is 135 Å². The maximum absolute atomic E-state index is 2.90. The van der Waals surface area contributed by atoms with Gasteiger partial charge in [0.1, 0.15) is 0 Å². The van der Waals surface area contributed by atoms with Crippen molar-refractivity contribution in [1.29, 1.82) is 0 Å². The minimum atomic E-state index is -1.67. The number of hydrogen-bond acceptors (Lipinski definition) is 0. The Morgan fingerprint density at radius 2 is 1.00 bits per heavy atom. The van der Waals surface area contributed by atoms with Crippen LogP contribution in [0.5, 0.6) is 0 Å². The molecule has 0 aromatic heterocycles. The summed E-state index contributed by atoms with van der Waals surface area (Å²) >= 11 is 0. The molecule has 0 aliphatic heterocycles. The van der Waals surface area contributed by atoms with Crippen LogP contribution >= 0.6 is 14.2 Å². The Bertz CT molecular complexity index is 731. The van der Waals surface area contributed by atoms with E-state index in [1.54, 1.807) is 10.6 Å². The SMILES string of the molecule is CC(C)(C)P(C(C)(C)C)P(=C[Si](C)(C)C)(c1ccccc1)c1ccccc1. The first-order valence-electron chi connectivity index (χ1n) is 9.96.